The third-order valence-electron chi connectivity index (χ3n) is 2.96. The summed E-state index contributed by atoms with van der Waals surface area (Å²) in [4.78, 5) is 11.8. The molecule has 0 bridgehead atoms. The average Bonchev–Trinajstić information content (AvgIpc) is 2.36. The van der Waals surface area contributed by atoms with E-state index >= 15 is 0 Å². The first-order valence-electron chi connectivity index (χ1n) is 6.32. The minimum atomic E-state index is -4.52. The Morgan fingerprint density at radius 2 is 1.95 bits per heavy atom. The fourth-order valence-corrected chi connectivity index (χ4v) is 2.31. The summed E-state index contributed by atoms with van der Waals surface area (Å²) in [5.41, 5.74) is 5.09. The number of anilines is 1. The van der Waals surface area contributed by atoms with Gasteiger partial charge in [0.2, 0.25) is 5.91 Å². The Bertz CT molecular complexity index is 657. The smallest absolute Gasteiger partial charge is 0.324 e. The van der Waals surface area contributed by atoms with Crippen LogP contribution in [0.3, 0.4) is 0 Å². The highest BCUT2D eigenvalue weighted by molar-refractivity contribution is 7.90. The van der Waals surface area contributed by atoms with Gasteiger partial charge in [-0.15, -0.1) is 0 Å². The van der Waals surface area contributed by atoms with E-state index in [1.165, 1.54) is 13.0 Å². The summed E-state index contributed by atoms with van der Waals surface area (Å²) in [6.45, 7) is 1.54. The molecule has 0 aliphatic heterocycles. The Balaban J connectivity index is 2.83. The number of alkyl halides is 3. The second-order valence-electron chi connectivity index (χ2n) is 5.04. The third kappa shape index (κ3) is 5.64. The van der Waals surface area contributed by atoms with Gasteiger partial charge in [0.15, 0.2) is 0 Å². The molecule has 1 unspecified atom stereocenters. The largest absolute Gasteiger partial charge is 0.416 e. The van der Waals surface area contributed by atoms with Crippen molar-refractivity contribution < 1.29 is 26.4 Å². The Labute approximate surface area is 126 Å². The van der Waals surface area contributed by atoms with Crippen LogP contribution in [-0.4, -0.2) is 32.4 Å². The van der Waals surface area contributed by atoms with Gasteiger partial charge in [-0.05, 0) is 31.0 Å². The zero-order valence-corrected chi connectivity index (χ0v) is 12.9. The van der Waals surface area contributed by atoms with Gasteiger partial charge in [-0.2, -0.15) is 13.2 Å². The molecule has 0 spiro atoms. The molecule has 124 valence electrons. The van der Waals surface area contributed by atoms with Gasteiger partial charge in [-0.3, -0.25) is 4.79 Å². The van der Waals surface area contributed by atoms with E-state index in [1.54, 1.807) is 0 Å². The highest BCUT2D eigenvalue weighted by Crippen LogP contribution is 2.32. The predicted molar refractivity (Wildman–Crippen MR) is 77.1 cm³/mol. The number of sulfone groups is 1. The highest BCUT2D eigenvalue weighted by Gasteiger charge is 2.31. The summed E-state index contributed by atoms with van der Waals surface area (Å²) in [7, 11) is -3.27. The Kier molecular flexibility index (Phi) is 5.58. The summed E-state index contributed by atoms with van der Waals surface area (Å²) < 4.78 is 60.0. The van der Waals surface area contributed by atoms with Crippen molar-refractivity contribution in [2.75, 3.05) is 17.3 Å². The lowest BCUT2D eigenvalue weighted by Crippen LogP contribution is -2.37. The quantitative estimate of drug-likeness (QED) is 0.855. The number of benzene rings is 1. The van der Waals surface area contributed by atoms with Gasteiger partial charge in [0.25, 0.3) is 0 Å². The zero-order valence-electron chi connectivity index (χ0n) is 12.1. The molecule has 1 aromatic carbocycles. The van der Waals surface area contributed by atoms with Gasteiger partial charge < -0.3 is 11.1 Å². The van der Waals surface area contributed by atoms with Crippen LogP contribution in [0.5, 0.6) is 0 Å². The van der Waals surface area contributed by atoms with Crippen LogP contribution < -0.4 is 11.1 Å². The lowest BCUT2D eigenvalue weighted by molar-refractivity contribution is -0.137. The maximum Gasteiger partial charge on any atom is 0.416 e. The lowest BCUT2D eigenvalue weighted by Gasteiger charge is -2.15. The predicted octanol–water partition coefficient (Wildman–Crippen LogP) is 1.71. The van der Waals surface area contributed by atoms with Crippen LogP contribution in [0, 0.1) is 6.92 Å². The molecular weight excluding hydrogens is 321 g/mol. The molecule has 22 heavy (non-hydrogen) atoms. The number of nitrogens with two attached hydrogens (primary N) is 1. The third-order valence-corrected chi connectivity index (χ3v) is 3.94. The molecule has 0 fully saturated rings. The van der Waals surface area contributed by atoms with E-state index in [0.717, 1.165) is 18.4 Å². The van der Waals surface area contributed by atoms with E-state index in [0.29, 0.717) is 5.56 Å². The van der Waals surface area contributed by atoms with Gasteiger partial charge in [0.1, 0.15) is 9.84 Å². The van der Waals surface area contributed by atoms with Gasteiger partial charge >= 0.3 is 6.18 Å². The minimum Gasteiger partial charge on any atom is -0.324 e. The summed E-state index contributed by atoms with van der Waals surface area (Å²) in [6, 6.07) is 1.84. The first-order chi connectivity index (χ1) is 9.90. The number of aryl methyl sites for hydroxylation is 1. The van der Waals surface area contributed by atoms with Crippen LogP contribution in [0.15, 0.2) is 18.2 Å². The van der Waals surface area contributed by atoms with Gasteiger partial charge in [-0.25, -0.2) is 8.42 Å². The number of rotatable bonds is 5. The molecule has 3 N–H and O–H groups in total. The second kappa shape index (κ2) is 6.66. The lowest BCUT2D eigenvalue weighted by atomic mass is 10.1. The van der Waals surface area contributed by atoms with Crippen molar-refractivity contribution in [2.45, 2.75) is 25.6 Å². The van der Waals surface area contributed by atoms with Crippen molar-refractivity contribution in [2.24, 2.45) is 5.73 Å². The van der Waals surface area contributed by atoms with E-state index in [4.69, 9.17) is 5.73 Å². The monoisotopic (exact) mass is 338 g/mol. The molecule has 0 aromatic heterocycles. The average molecular weight is 338 g/mol. The van der Waals surface area contributed by atoms with Crippen molar-refractivity contribution in [3.05, 3.63) is 29.3 Å². The topological polar surface area (TPSA) is 89.3 Å². The van der Waals surface area contributed by atoms with Gasteiger partial charge in [0.05, 0.1) is 17.4 Å². The van der Waals surface area contributed by atoms with E-state index in [9.17, 15) is 26.4 Å². The fourth-order valence-electron chi connectivity index (χ4n) is 1.63. The van der Waals surface area contributed by atoms with Crippen LogP contribution in [0.2, 0.25) is 0 Å². The first-order valence-corrected chi connectivity index (χ1v) is 8.38. The second-order valence-corrected chi connectivity index (χ2v) is 7.30. The van der Waals surface area contributed by atoms with Crippen LogP contribution in [0.25, 0.3) is 0 Å². The molecule has 1 rings (SSSR count). The summed E-state index contributed by atoms with van der Waals surface area (Å²) in [5, 5.41) is 2.30. The molecule has 0 heterocycles. The minimum absolute atomic E-state index is 0.00497. The van der Waals surface area contributed by atoms with Gasteiger partial charge in [0, 0.05) is 11.9 Å². The Hall–Kier alpha value is -1.61. The van der Waals surface area contributed by atoms with Crippen LogP contribution >= 0.6 is 0 Å². The Morgan fingerprint density at radius 1 is 1.36 bits per heavy atom. The molecule has 0 saturated carbocycles. The van der Waals surface area contributed by atoms with Crippen LogP contribution in [-0.2, 0) is 20.8 Å². The number of halogens is 3. The van der Waals surface area contributed by atoms with Crippen molar-refractivity contribution in [3.63, 3.8) is 0 Å². The molecule has 1 atom stereocenters. The van der Waals surface area contributed by atoms with E-state index in [2.05, 4.69) is 5.32 Å². The number of amides is 1. The number of hydrogen-bond acceptors (Lipinski definition) is 4. The maximum atomic E-state index is 12.6. The molecule has 9 heteroatoms. The molecule has 1 amide bonds. The molecule has 0 saturated heterocycles. The maximum absolute atomic E-state index is 12.6. The number of hydrogen-bond donors (Lipinski definition) is 2. The van der Waals surface area contributed by atoms with Crippen LogP contribution in [0.1, 0.15) is 17.5 Å². The number of carbonyl (C=O) groups is 1. The Morgan fingerprint density at radius 3 is 2.45 bits per heavy atom. The molecule has 1 aromatic rings. The standard InChI is InChI=1S/C13H17F3N2O3S/c1-8-3-4-9(13(14,15)16)7-11(8)18-12(19)10(17)5-6-22(2,20)21/h3-4,7,10H,5-6,17H2,1-2H3,(H,18,19). The molecule has 0 aliphatic carbocycles. The van der Waals surface area contributed by atoms with Gasteiger partial charge in [-0.1, -0.05) is 6.07 Å². The summed E-state index contributed by atoms with van der Waals surface area (Å²) in [5.74, 6) is -1.01. The van der Waals surface area contributed by atoms with Crippen LogP contribution in [0.4, 0.5) is 18.9 Å². The highest BCUT2D eigenvalue weighted by atomic mass is 32.2. The van der Waals surface area contributed by atoms with E-state index in [-0.39, 0.29) is 17.9 Å². The molecule has 0 radical (unpaired) electrons. The van der Waals surface area contributed by atoms with E-state index < -0.39 is 33.5 Å². The number of carbonyl (C=O) groups excluding carboxylic acids is 1. The molecule has 0 aliphatic rings. The summed E-state index contributed by atoms with van der Waals surface area (Å²) in [6.07, 6.45) is -3.62. The summed E-state index contributed by atoms with van der Waals surface area (Å²) >= 11 is 0. The normalized spacial score (nSPS) is 13.7. The first kappa shape index (κ1) is 18.4. The van der Waals surface area contributed by atoms with E-state index in [1.807, 2.05) is 0 Å². The van der Waals surface area contributed by atoms with Crippen molar-refractivity contribution in [1.29, 1.82) is 0 Å². The zero-order chi connectivity index (χ0) is 17.1. The molecule has 5 nitrogen and oxygen atoms in total. The number of nitrogens with one attached hydrogen (secondary N) is 1. The molecular formula is C13H17F3N2O3S. The van der Waals surface area contributed by atoms with Crippen molar-refractivity contribution in [3.8, 4) is 0 Å². The van der Waals surface area contributed by atoms with Crippen molar-refractivity contribution in [1.82, 2.24) is 0 Å². The SMILES string of the molecule is Cc1ccc(C(F)(F)F)cc1NC(=O)C(N)CCS(C)(=O)=O. The van der Waals surface area contributed by atoms with Crippen molar-refractivity contribution >= 4 is 21.4 Å². The fraction of sp³-hybridized carbons (Fsp3) is 0.462.